The molecule has 11 rings (SSSR count). The molecule has 56 heavy (non-hydrogen) atoms. The maximum Gasteiger partial charge on any atom is 0.165 e. The van der Waals surface area contributed by atoms with Gasteiger partial charge in [-0.25, -0.2) is 15.0 Å². The molecule has 0 saturated carbocycles. The van der Waals surface area contributed by atoms with E-state index in [0.717, 1.165) is 16.7 Å². The molecule has 8 aromatic carbocycles. The van der Waals surface area contributed by atoms with Crippen molar-refractivity contribution in [2.24, 2.45) is 0 Å². The summed E-state index contributed by atoms with van der Waals surface area (Å²) in [5.41, 5.74) is 11.3. The van der Waals surface area contributed by atoms with E-state index in [1.165, 1.54) is 69.9 Å². The first-order valence-electron chi connectivity index (χ1n) is 18.8. The van der Waals surface area contributed by atoms with Crippen LogP contribution in [0.25, 0.3) is 104 Å². The highest BCUT2D eigenvalue weighted by Gasteiger charge is 2.18. The zero-order valence-corrected chi connectivity index (χ0v) is 31.0. The molecule has 262 valence electrons. The monoisotopic (exact) mass is 732 g/mol. The molecule has 11 aromatic rings. The summed E-state index contributed by atoms with van der Waals surface area (Å²) in [6.45, 7) is 0. The lowest BCUT2D eigenvalue weighted by Gasteiger charge is -2.09. The zero-order chi connectivity index (χ0) is 37.0. The molecule has 0 aliphatic carbocycles. The van der Waals surface area contributed by atoms with Crippen molar-refractivity contribution in [2.45, 2.75) is 0 Å². The molecule has 4 nitrogen and oxygen atoms in total. The minimum absolute atomic E-state index is 0.664. The molecule has 0 amide bonds. The van der Waals surface area contributed by atoms with Crippen LogP contribution in [0, 0.1) is 0 Å². The molecule has 0 atom stereocenters. The molecular weight excluding hydrogens is 701 g/mol. The molecule has 0 aliphatic rings. The Kier molecular flexibility index (Phi) is 7.64. The van der Waals surface area contributed by atoms with Crippen molar-refractivity contribution in [3.63, 3.8) is 0 Å². The second-order valence-corrected chi connectivity index (χ2v) is 15.1. The summed E-state index contributed by atoms with van der Waals surface area (Å²) in [4.78, 5) is 15.0. The van der Waals surface area contributed by atoms with E-state index in [9.17, 15) is 0 Å². The van der Waals surface area contributed by atoms with Gasteiger partial charge in [0.2, 0.25) is 0 Å². The van der Waals surface area contributed by atoms with E-state index in [2.05, 4.69) is 138 Å². The van der Waals surface area contributed by atoms with Crippen LogP contribution in [0.3, 0.4) is 0 Å². The lowest BCUT2D eigenvalue weighted by Crippen LogP contribution is -2.00. The molecule has 0 saturated heterocycles. The van der Waals surface area contributed by atoms with Gasteiger partial charge in [0.15, 0.2) is 17.5 Å². The number of nitrogens with zero attached hydrogens (tertiary/aromatic N) is 4. The van der Waals surface area contributed by atoms with Gasteiger partial charge in [-0.2, -0.15) is 0 Å². The topological polar surface area (TPSA) is 43.6 Å². The Morgan fingerprint density at radius 3 is 1.57 bits per heavy atom. The fourth-order valence-electron chi connectivity index (χ4n) is 7.95. The van der Waals surface area contributed by atoms with Gasteiger partial charge in [-0.05, 0) is 64.7 Å². The standard InChI is InChI=1S/C51H32N4S/c1-4-13-35(14-5-1)49-52-50(36-15-6-2-7-16-36)54-51(53-49)43-21-12-20-42-41-29-27-38(32-47(41)56-48(42)43)34-25-23-33(24-26-34)37-28-30-46-44(31-37)40-19-10-11-22-45(40)55(46)39-17-8-3-9-18-39/h1-32H. The van der Waals surface area contributed by atoms with Gasteiger partial charge in [0, 0.05) is 53.3 Å². The molecule has 0 spiro atoms. The van der Waals surface area contributed by atoms with Gasteiger partial charge in [-0.1, -0.05) is 152 Å². The summed E-state index contributed by atoms with van der Waals surface area (Å²) in [6.07, 6.45) is 0. The maximum absolute atomic E-state index is 5.05. The zero-order valence-electron chi connectivity index (χ0n) is 30.2. The SMILES string of the molecule is c1ccc(-c2nc(-c3ccccc3)nc(-c3cccc4c3sc3cc(-c5ccc(-c6ccc7c(c6)c6ccccc6n7-c6ccccc6)cc5)ccc34)n2)cc1. The number of hydrogen-bond acceptors (Lipinski definition) is 4. The van der Waals surface area contributed by atoms with Crippen LogP contribution in [0.4, 0.5) is 0 Å². The maximum atomic E-state index is 5.05. The summed E-state index contributed by atoms with van der Waals surface area (Å²) in [7, 11) is 0. The predicted molar refractivity (Wildman–Crippen MR) is 234 cm³/mol. The Morgan fingerprint density at radius 1 is 0.339 bits per heavy atom. The van der Waals surface area contributed by atoms with Crippen LogP contribution in [0.15, 0.2) is 194 Å². The molecule has 5 heteroatoms. The minimum Gasteiger partial charge on any atom is -0.309 e. The van der Waals surface area contributed by atoms with Gasteiger partial charge in [0.05, 0.1) is 11.0 Å². The van der Waals surface area contributed by atoms with Crippen LogP contribution in [0.1, 0.15) is 0 Å². The average Bonchev–Trinajstić information content (AvgIpc) is 3.82. The lowest BCUT2D eigenvalue weighted by atomic mass is 9.98. The van der Waals surface area contributed by atoms with Crippen LogP contribution in [0.5, 0.6) is 0 Å². The van der Waals surface area contributed by atoms with Crippen LogP contribution in [-0.2, 0) is 0 Å². The summed E-state index contributed by atoms with van der Waals surface area (Å²) >= 11 is 1.80. The lowest BCUT2D eigenvalue weighted by molar-refractivity contribution is 1.08. The Balaban J connectivity index is 0.962. The molecule has 0 bridgehead atoms. The summed E-state index contributed by atoms with van der Waals surface area (Å²) in [6, 6.07) is 68.7. The second-order valence-electron chi connectivity index (χ2n) is 14.0. The van der Waals surface area contributed by atoms with Gasteiger partial charge in [0.25, 0.3) is 0 Å². The van der Waals surface area contributed by atoms with Crippen molar-refractivity contribution in [2.75, 3.05) is 0 Å². The minimum atomic E-state index is 0.664. The first-order chi connectivity index (χ1) is 27.7. The van der Waals surface area contributed by atoms with E-state index in [0.29, 0.717) is 17.5 Å². The van der Waals surface area contributed by atoms with Crippen molar-refractivity contribution >= 4 is 53.3 Å². The third-order valence-corrected chi connectivity index (χ3v) is 11.9. The first-order valence-corrected chi connectivity index (χ1v) is 19.6. The largest absolute Gasteiger partial charge is 0.309 e. The van der Waals surface area contributed by atoms with Crippen LogP contribution in [0.2, 0.25) is 0 Å². The number of fused-ring (bicyclic) bond motifs is 6. The Morgan fingerprint density at radius 2 is 0.875 bits per heavy atom. The predicted octanol–water partition coefficient (Wildman–Crippen LogP) is 13.7. The van der Waals surface area contributed by atoms with Crippen LogP contribution >= 0.6 is 11.3 Å². The highest BCUT2D eigenvalue weighted by atomic mass is 32.1. The highest BCUT2D eigenvalue weighted by Crippen LogP contribution is 2.42. The van der Waals surface area contributed by atoms with Gasteiger partial charge >= 0.3 is 0 Å². The van der Waals surface area contributed by atoms with E-state index in [4.69, 9.17) is 15.0 Å². The Labute approximate surface area is 327 Å². The summed E-state index contributed by atoms with van der Waals surface area (Å²) < 4.78 is 4.76. The van der Waals surface area contributed by atoms with E-state index < -0.39 is 0 Å². The molecule has 0 aliphatic heterocycles. The molecular formula is C51H32N4S. The normalized spacial score (nSPS) is 11.6. The molecule has 0 N–H and O–H groups in total. The number of para-hydroxylation sites is 2. The fraction of sp³-hybridized carbons (Fsp3) is 0. The third kappa shape index (κ3) is 5.48. The number of thiophene rings is 1. The Hall–Kier alpha value is -7.21. The van der Waals surface area contributed by atoms with Crippen molar-refractivity contribution in [3.05, 3.63) is 194 Å². The van der Waals surface area contributed by atoms with E-state index in [-0.39, 0.29) is 0 Å². The van der Waals surface area contributed by atoms with Crippen molar-refractivity contribution in [1.29, 1.82) is 0 Å². The fourth-order valence-corrected chi connectivity index (χ4v) is 9.20. The average molecular weight is 733 g/mol. The van der Waals surface area contributed by atoms with Crippen molar-refractivity contribution < 1.29 is 0 Å². The highest BCUT2D eigenvalue weighted by molar-refractivity contribution is 7.26. The third-order valence-electron chi connectivity index (χ3n) is 10.7. The van der Waals surface area contributed by atoms with Crippen molar-refractivity contribution in [3.8, 4) is 62.1 Å². The number of hydrogen-bond donors (Lipinski definition) is 0. The first kappa shape index (κ1) is 32.2. The van der Waals surface area contributed by atoms with Crippen LogP contribution < -0.4 is 0 Å². The van der Waals surface area contributed by atoms with Crippen molar-refractivity contribution in [1.82, 2.24) is 19.5 Å². The van der Waals surface area contributed by atoms with E-state index >= 15 is 0 Å². The second kappa shape index (κ2) is 13.3. The van der Waals surface area contributed by atoms with Gasteiger partial charge in [0.1, 0.15) is 0 Å². The number of rotatable bonds is 6. The molecule has 3 aromatic heterocycles. The van der Waals surface area contributed by atoms with Gasteiger partial charge < -0.3 is 4.57 Å². The molecule has 0 fully saturated rings. The number of aromatic nitrogens is 4. The quantitative estimate of drug-likeness (QED) is 0.171. The van der Waals surface area contributed by atoms with Gasteiger partial charge in [-0.15, -0.1) is 11.3 Å². The van der Waals surface area contributed by atoms with Gasteiger partial charge in [-0.3, -0.25) is 0 Å². The van der Waals surface area contributed by atoms with E-state index in [1.807, 2.05) is 60.7 Å². The smallest absolute Gasteiger partial charge is 0.165 e. The van der Waals surface area contributed by atoms with Crippen LogP contribution in [-0.4, -0.2) is 19.5 Å². The molecule has 3 heterocycles. The molecule has 0 radical (unpaired) electrons. The number of benzene rings is 8. The summed E-state index contributed by atoms with van der Waals surface area (Å²) in [5, 5.41) is 4.95. The van der Waals surface area contributed by atoms with E-state index in [1.54, 1.807) is 11.3 Å². The Bertz CT molecular complexity index is 3160. The molecule has 0 unspecified atom stereocenters. The summed E-state index contributed by atoms with van der Waals surface area (Å²) in [5.74, 6) is 2.00.